The maximum atomic E-state index is 13.3. The van der Waals surface area contributed by atoms with Gasteiger partial charge in [-0.3, -0.25) is 15.1 Å². The average Bonchev–Trinajstić information content (AvgIpc) is 2.90. The van der Waals surface area contributed by atoms with E-state index >= 15 is 0 Å². The highest BCUT2D eigenvalue weighted by atomic mass is 16.6. The molecule has 0 spiro atoms. The van der Waals surface area contributed by atoms with Gasteiger partial charge in [0.15, 0.2) is 5.82 Å². The summed E-state index contributed by atoms with van der Waals surface area (Å²) in [6.07, 6.45) is 1.47. The van der Waals surface area contributed by atoms with Crippen molar-refractivity contribution in [2.45, 2.75) is 6.61 Å². The highest BCUT2D eigenvalue weighted by Gasteiger charge is 2.12. The van der Waals surface area contributed by atoms with Gasteiger partial charge in [-0.15, -0.1) is 0 Å². The molecule has 1 aromatic heterocycles. The zero-order chi connectivity index (χ0) is 24.2. The topological polar surface area (TPSA) is 88.7 Å². The van der Waals surface area contributed by atoms with E-state index in [2.05, 4.69) is 22.1 Å². The first kappa shape index (κ1) is 22.1. The summed E-state index contributed by atoms with van der Waals surface area (Å²) in [5.41, 5.74) is 4.96. The van der Waals surface area contributed by atoms with Crippen molar-refractivity contribution in [2.75, 3.05) is 0 Å². The Morgan fingerprint density at radius 2 is 1.69 bits per heavy atom. The van der Waals surface area contributed by atoms with E-state index in [1.807, 2.05) is 66.7 Å². The molecule has 0 atom stereocenters. The molecule has 1 heterocycles. The molecule has 7 nitrogen and oxygen atoms in total. The Bertz CT molecular complexity index is 1620. The first-order chi connectivity index (χ1) is 17.1. The van der Waals surface area contributed by atoms with Gasteiger partial charge in [0, 0.05) is 5.56 Å². The van der Waals surface area contributed by atoms with Crippen LogP contribution >= 0.6 is 0 Å². The molecule has 0 fully saturated rings. The van der Waals surface area contributed by atoms with Crippen LogP contribution in [0.25, 0.3) is 27.4 Å². The normalized spacial score (nSPS) is 11.3. The van der Waals surface area contributed by atoms with Crippen LogP contribution in [0.3, 0.4) is 0 Å². The molecule has 5 aromatic rings. The molecule has 0 aliphatic carbocycles. The molecule has 0 saturated carbocycles. The van der Waals surface area contributed by atoms with Crippen molar-refractivity contribution in [3.63, 3.8) is 0 Å². The largest absolute Gasteiger partial charge is 0.507 e. The van der Waals surface area contributed by atoms with E-state index in [1.54, 1.807) is 24.3 Å². The zero-order valence-electron chi connectivity index (χ0n) is 18.8. The molecule has 5 rings (SSSR count). The van der Waals surface area contributed by atoms with Crippen molar-refractivity contribution in [2.24, 2.45) is 5.10 Å². The van der Waals surface area contributed by atoms with Crippen LogP contribution in [0.15, 0.2) is 107 Å². The Balaban J connectivity index is 1.50. The van der Waals surface area contributed by atoms with Gasteiger partial charge in [-0.2, -0.15) is 9.78 Å². The van der Waals surface area contributed by atoms with Crippen LogP contribution in [0.2, 0.25) is 0 Å². The number of fused-ring (bicyclic) bond motifs is 2. The number of hydroxylamine groups is 1. The van der Waals surface area contributed by atoms with Crippen molar-refractivity contribution >= 4 is 33.6 Å². The van der Waals surface area contributed by atoms with Crippen molar-refractivity contribution in [1.82, 2.24) is 15.1 Å². The van der Waals surface area contributed by atoms with Crippen LogP contribution in [0.5, 0.6) is 5.75 Å². The molecule has 35 heavy (non-hydrogen) atoms. The summed E-state index contributed by atoms with van der Waals surface area (Å²) >= 11 is 0. The minimum Gasteiger partial charge on any atom is -0.507 e. The Morgan fingerprint density at radius 3 is 2.51 bits per heavy atom. The number of phenols is 1. The third-order valence-electron chi connectivity index (χ3n) is 5.59. The fourth-order valence-corrected chi connectivity index (χ4v) is 3.80. The van der Waals surface area contributed by atoms with Crippen LogP contribution in [0, 0.1) is 0 Å². The molecule has 0 amide bonds. The number of nitrogens with one attached hydrogen (secondary N) is 1. The van der Waals surface area contributed by atoms with Gasteiger partial charge in [0.25, 0.3) is 5.56 Å². The van der Waals surface area contributed by atoms with Crippen molar-refractivity contribution < 1.29 is 9.94 Å². The number of benzene rings is 4. The number of rotatable bonds is 7. The minimum atomic E-state index is -0.341. The van der Waals surface area contributed by atoms with Gasteiger partial charge in [-0.1, -0.05) is 79.4 Å². The summed E-state index contributed by atoms with van der Waals surface area (Å²) in [7, 11) is 0. The highest BCUT2D eigenvalue weighted by molar-refractivity contribution is 6.02. The summed E-state index contributed by atoms with van der Waals surface area (Å²) in [6.45, 7) is 3.93. The highest BCUT2D eigenvalue weighted by Crippen LogP contribution is 2.25. The standard InChI is InChI=1S/C28H22N4O3/c1-19(20-9-3-2-4-10-20)31-35-18-27-30-25-14-8-7-13-23(25)28(34)32(27)29-17-24-22-12-6-5-11-21(22)15-16-26(24)33/h2-17,31,33H,1,18H2/b29-17+. The van der Waals surface area contributed by atoms with Gasteiger partial charge in [0.1, 0.15) is 12.4 Å². The third kappa shape index (κ3) is 4.53. The zero-order valence-corrected chi connectivity index (χ0v) is 18.8. The van der Waals surface area contributed by atoms with Crippen LogP contribution in [0.4, 0.5) is 0 Å². The number of hydrogen-bond donors (Lipinski definition) is 2. The van der Waals surface area contributed by atoms with Gasteiger partial charge >= 0.3 is 0 Å². The molecular formula is C28H22N4O3. The molecule has 4 aromatic carbocycles. The second-order valence-electron chi connectivity index (χ2n) is 7.86. The maximum absolute atomic E-state index is 13.3. The molecule has 172 valence electrons. The fourth-order valence-electron chi connectivity index (χ4n) is 3.80. The number of aromatic hydroxyl groups is 1. The Morgan fingerprint density at radius 1 is 0.971 bits per heavy atom. The molecule has 0 radical (unpaired) electrons. The number of para-hydroxylation sites is 1. The van der Waals surface area contributed by atoms with E-state index in [0.717, 1.165) is 16.3 Å². The van der Waals surface area contributed by atoms with Crippen LogP contribution in [-0.4, -0.2) is 21.0 Å². The van der Waals surface area contributed by atoms with E-state index in [0.29, 0.717) is 22.2 Å². The molecular weight excluding hydrogens is 440 g/mol. The second kappa shape index (κ2) is 9.62. The van der Waals surface area contributed by atoms with E-state index in [-0.39, 0.29) is 23.7 Å². The summed E-state index contributed by atoms with van der Waals surface area (Å²) in [6, 6.07) is 27.7. The number of phenolic OH excluding ortho intramolecular Hbond substituents is 1. The lowest BCUT2D eigenvalue weighted by Gasteiger charge is -2.12. The summed E-state index contributed by atoms with van der Waals surface area (Å²) in [5.74, 6) is 0.353. The predicted molar refractivity (Wildman–Crippen MR) is 138 cm³/mol. The van der Waals surface area contributed by atoms with Gasteiger partial charge in [-0.05, 0) is 34.5 Å². The van der Waals surface area contributed by atoms with E-state index in [1.165, 1.54) is 10.9 Å². The third-order valence-corrected chi connectivity index (χ3v) is 5.59. The summed E-state index contributed by atoms with van der Waals surface area (Å²) < 4.78 is 1.19. The predicted octanol–water partition coefficient (Wildman–Crippen LogP) is 4.83. The molecule has 0 bridgehead atoms. The van der Waals surface area contributed by atoms with Crippen molar-refractivity contribution in [3.8, 4) is 5.75 Å². The molecule has 0 unspecified atom stereocenters. The van der Waals surface area contributed by atoms with Crippen molar-refractivity contribution in [3.05, 3.63) is 125 Å². The van der Waals surface area contributed by atoms with Crippen molar-refractivity contribution in [1.29, 1.82) is 0 Å². The summed E-state index contributed by atoms with van der Waals surface area (Å²) in [5, 5.41) is 17.1. The molecule has 0 aliphatic heterocycles. The van der Waals surface area contributed by atoms with Gasteiger partial charge in [0.2, 0.25) is 0 Å². The minimum absolute atomic E-state index is 0.0508. The first-order valence-electron chi connectivity index (χ1n) is 11.0. The lowest BCUT2D eigenvalue weighted by molar-refractivity contribution is 0.0581. The fraction of sp³-hybridized carbons (Fsp3) is 0.0357. The smallest absolute Gasteiger partial charge is 0.282 e. The second-order valence-corrected chi connectivity index (χ2v) is 7.86. The lowest BCUT2D eigenvalue weighted by atomic mass is 10.0. The van der Waals surface area contributed by atoms with Gasteiger partial charge in [-0.25, -0.2) is 4.98 Å². The van der Waals surface area contributed by atoms with Crippen LogP contribution in [-0.2, 0) is 11.4 Å². The monoisotopic (exact) mass is 462 g/mol. The SMILES string of the molecule is C=C(NOCc1nc2ccccc2c(=O)n1/N=C/c1c(O)ccc2ccccc12)c1ccccc1. The molecule has 7 heteroatoms. The van der Waals surface area contributed by atoms with Gasteiger partial charge < -0.3 is 5.11 Å². The maximum Gasteiger partial charge on any atom is 0.282 e. The molecule has 2 N–H and O–H groups in total. The molecule has 0 saturated heterocycles. The first-order valence-corrected chi connectivity index (χ1v) is 11.0. The van der Waals surface area contributed by atoms with E-state index in [9.17, 15) is 9.90 Å². The number of hydrogen-bond acceptors (Lipinski definition) is 6. The summed E-state index contributed by atoms with van der Waals surface area (Å²) in [4.78, 5) is 23.5. The molecule has 0 aliphatic rings. The van der Waals surface area contributed by atoms with E-state index < -0.39 is 0 Å². The number of aromatic nitrogens is 2. The quantitative estimate of drug-likeness (QED) is 0.267. The van der Waals surface area contributed by atoms with Gasteiger partial charge in [0.05, 0.1) is 22.8 Å². The lowest BCUT2D eigenvalue weighted by Crippen LogP contribution is -2.24. The van der Waals surface area contributed by atoms with Crippen LogP contribution < -0.4 is 11.0 Å². The Kier molecular flexibility index (Phi) is 6.07. The van der Waals surface area contributed by atoms with E-state index in [4.69, 9.17) is 4.84 Å². The Labute approximate surface area is 201 Å². The Hall–Kier alpha value is -4.75. The van der Waals surface area contributed by atoms with Crippen LogP contribution in [0.1, 0.15) is 17.0 Å². The number of nitrogens with zero attached hydrogens (tertiary/aromatic N) is 3. The average molecular weight is 463 g/mol.